The fraction of sp³-hybridized carbons (Fsp3) is 0.500. The van der Waals surface area contributed by atoms with Gasteiger partial charge in [0.15, 0.2) is 0 Å². The first kappa shape index (κ1) is 21.9. The lowest BCUT2D eigenvalue weighted by Crippen LogP contribution is -2.45. The van der Waals surface area contributed by atoms with Crippen LogP contribution in [-0.2, 0) is 20.9 Å². The van der Waals surface area contributed by atoms with Gasteiger partial charge in [-0.3, -0.25) is 9.59 Å². The summed E-state index contributed by atoms with van der Waals surface area (Å²) in [6.45, 7) is 11.1. The molecule has 1 aromatic rings. The minimum atomic E-state index is -1.76. The van der Waals surface area contributed by atoms with Gasteiger partial charge in [-0.25, -0.2) is 0 Å². The van der Waals surface area contributed by atoms with Gasteiger partial charge in [0.25, 0.3) is 0 Å². The minimum absolute atomic E-state index is 0.131. The SMILES string of the molecule is CC(C)(C)[Si](C)(C)C#CC[C@@H](NC(=O)COCc1ccccc1)C(N)=O. The van der Waals surface area contributed by atoms with E-state index in [2.05, 4.69) is 50.6 Å². The summed E-state index contributed by atoms with van der Waals surface area (Å²) in [7, 11) is -1.76. The van der Waals surface area contributed by atoms with Crippen molar-refractivity contribution in [1.29, 1.82) is 0 Å². The van der Waals surface area contributed by atoms with Gasteiger partial charge in [-0.15, -0.1) is 11.5 Å². The Bertz CT molecular complexity index is 670. The third-order valence-electron chi connectivity index (χ3n) is 4.61. The average Bonchev–Trinajstić information content (AvgIpc) is 2.53. The van der Waals surface area contributed by atoms with Gasteiger partial charge >= 0.3 is 0 Å². The molecule has 5 nitrogen and oxygen atoms in total. The molecule has 0 saturated carbocycles. The van der Waals surface area contributed by atoms with Crippen LogP contribution >= 0.6 is 0 Å². The van der Waals surface area contributed by atoms with Crippen molar-refractivity contribution < 1.29 is 14.3 Å². The molecule has 0 aromatic heterocycles. The van der Waals surface area contributed by atoms with Crippen LogP contribution in [0.3, 0.4) is 0 Å². The summed E-state index contributed by atoms with van der Waals surface area (Å²) < 4.78 is 5.37. The summed E-state index contributed by atoms with van der Waals surface area (Å²) in [6.07, 6.45) is 0.215. The van der Waals surface area contributed by atoms with Gasteiger partial charge < -0.3 is 15.8 Å². The van der Waals surface area contributed by atoms with Crippen molar-refractivity contribution in [2.24, 2.45) is 5.73 Å². The van der Waals surface area contributed by atoms with E-state index < -0.39 is 20.0 Å². The number of amides is 2. The second-order valence-corrected chi connectivity index (χ2v) is 12.9. The molecule has 3 N–H and O–H groups in total. The largest absolute Gasteiger partial charge is 0.368 e. The number of rotatable bonds is 7. The highest BCUT2D eigenvalue weighted by Crippen LogP contribution is 2.35. The molecule has 0 aliphatic heterocycles. The van der Waals surface area contributed by atoms with Crippen molar-refractivity contribution in [3.63, 3.8) is 0 Å². The van der Waals surface area contributed by atoms with Crippen molar-refractivity contribution >= 4 is 19.9 Å². The lowest BCUT2D eigenvalue weighted by molar-refractivity contribution is -0.130. The van der Waals surface area contributed by atoms with Crippen molar-refractivity contribution in [1.82, 2.24) is 5.32 Å². The third-order valence-corrected chi connectivity index (χ3v) is 9.16. The van der Waals surface area contributed by atoms with Crippen LogP contribution in [0.4, 0.5) is 0 Å². The zero-order valence-corrected chi connectivity index (χ0v) is 17.4. The summed E-state index contributed by atoms with van der Waals surface area (Å²) in [4.78, 5) is 23.6. The lowest BCUT2D eigenvalue weighted by Gasteiger charge is -2.31. The van der Waals surface area contributed by atoms with Crippen LogP contribution in [0, 0.1) is 11.5 Å². The van der Waals surface area contributed by atoms with E-state index in [9.17, 15) is 9.59 Å². The molecule has 0 saturated heterocycles. The maximum atomic E-state index is 12.0. The molecule has 0 fully saturated rings. The summed E-state index contributed by atoms with van der Waals surface area (Å²) in [6, 6.07) is 8.76. The van der Waals surface area contributed by atoms with Crippen LogP contribution in [0.1, 0.15) is 32.8 Å². The molecular weight excluding hydrogens is 344 g/mol. The molecular formula is C20H30N2O3Si. The van der Waals surface area contributed by atoms with Crippen LogP contribution in [0.25, 0.3) is 0 Å². The van der Waals surface area contributed by atoms with E-state index in [-0.39, 0.29) is 24.0 Å². The second-order valence-electron chi connectivity index (χ2n) is 7.88. The summed E-state index contributed by atoms with van der Waals surface area (Å²) in [5.41, 5.74) is 9.69. The summed E-state index contributed by atoms with van der Waals surface area (Å²) in [5, 5.41) is 2.74. The Balaban J connectivity index is 2.52. The normalized spacial score (nSPS) is 12.7. The number of nitrogens with two attached hydrogens (primary N) is 1. The monoisotopic (exact) mass is 374 g/mol. The Morgan fingerprint density at radius 2 is 1.85 bits per heavy atom. The highest BCUT2D eigenvalue weighted by atomic mass is 28.3. The van der Waals surface area contributed by atoms with Gasteiger partial charge in [0.1, 0.15) is 20.7 Å². The van der Waals surface area contributed by atoms with Gasteiger partial charge in [-0.05, 0) is 10.6 Å². The molecule has 1 rings (SSSR count). The Morgan fingerprint density at radius 3 is 2.38 bits per heavy atom. The molecule has 0 heterocycles. The van der Waals surface area contributed by atoms with Gasteiger partial charge in [0, 0.05) is 6.42 Å². The van der Waals surface area contributed by atoms with Gasteiger partial charge in [0.2, 0.25) is 11.8 Å². The van der Waals surface area contributed by atoms with Crippen molar-refractivity contribution in [2.75, 3.05) is 6.61 Å². The predicted molar refractivity (Wildman–Crippen MR) is 107 cm³/mol. The Kier molecular flexibility index (Phi) is 8.06. The van der Waals surface area contributed by atoms with Gasteiger partial charge in [0.05, 0.1) is 6.61 Å². The van der Waals surface area contributed by atoms with Crippen molar-refractivity contribution in [2.45, 2.75) is 58.0 Å². The zero-order valence-electron chi connectivity index (χ0n) is 16.4. The Hall–Kier alpha value is -2.10. The van der Waals surface area contributed by atoms with Crippen LogP contribution < -0.4 is 11.1 Å². The van der Waals surface area contributed by atoms with E-state index in [0.29, 0.717) is 6.61 Å². The number of hydrogen-bond acceptors (Lipinski definition) is 3. The first-order valence-electron chi connectivity index (χ1n) is 8.73. The zero-order chi connectivity index (χ0) is 19.8. The molecule has 1 atom stereocenters. The van der Waals surface area contributed by atoms with E-state index in [0.717, 1.165) is 5.56 Å². The van der Waals surface area contributed by atoms with E-state index in [1.807, 2.05) is 30.3 Å². The lowest BCUT2D eigenvalue weighted by atomic mass is 10.2. The highest BCUT2D eigenvalue weighted by molar-refractivity contribution is 6.87. The summed E-state index contributed by atoms with van der Waals surface area (Å²) >= 11 is 0. The number of ether oxygens (including phenoxy) is 1. The van der Waals surface area contributed by atoms with Crippen molar-refractivity contribution in [3.05, 3.63) is 35.9 Å². The number of carbonyl (C=O) groups is 2. The van der Waals surface area contributed by atoms with Crippen LogP contribution in [0.2, 0.25) is 18.1 Å². The molecule has 0 aliphatic carbocycles. The molecule has 6 heteroatoms. The minimum Gasteiger partial charge on any atom is -0.368 e. The standard InChI is InChI=1S/C20H30N2O3Si/c1-20(2,3)26(4,5)13-9-12-17(19(21)24)22-18(23)15-25-14-16-10-7-6-8-11-16/h6-8,10-11,17H,12,14-15H2,1-5H3,(H2,21,24)(H,22,23)/t17-/m1/s1. The van der Waals surface area contributed by atoms with E-state index in [4.69, 9.17) is 10.5 Å². The third kappa shape index (κ3) is 7.42. The molecule has 0 radical (unpaired) electrons. The van der Waals surface area contributed by atoms with Crippen LogP contribution in [0.5, 0.6) is 0 Å². The van der Waals surface area contributed by atoms with E-state index >= 15 is 0 Å². The van der Waals surface area contributed by atoms with Crippen LogP contribution in [0.15, 0.2) is 30.3 Å². The van der Waals surface area contributed by atoms with Gasteiger partial charge in [-0.1, -0.05) is 64.2 Å². The molecule has 1 aromatic carbocycles. The second kappa shape index (κ2) is 9.55. The summed E-state index contributed by atoms with van der Waals surface area (Å²) in [5.74, 6) is 2.09. The molecule has 0 unspecified atom stereocenters. The topological polar surface area (TPSA) is 81.4 Å². The quantitative estimate of drug-likeness (QED) is 0.568. The number of carbonyl (C=O) groups excluding carboxylic acids is 2. The molecule has 142 valence electrons. The fourth-order valence-corrected chi connectivity index (χ4v) is 2.78. The van der Waals surface area contributed by atoms with Gasteiger partial charge in [-0.2, -0.15) is 0 Å². The maximum Gasteiger partial charge on any atom is 0.246 e. The number of primary amides is 1. The smallest absolute Gasteiger partial charge is 0.246 e. The maximum absolute atomic E-state index is 12.0. The Labute approximate surface area is 157 Å². The van der Waals surface area contributed by atoms with Crippen LogP contribution in [-0.4, -0.2) is 32.5 Å². The number of benzene rings is 1. The molecule has 2 amide bonds. The fourth-order valence-electron chi connectivity index (χ4n) is 1.86. The first-order chi connectivity index (χ1) is 12.0. The Morgan fingerprint density at radius 1 is 1.23 bits per heavy atom. The highest BCUT2D eigenvalue weighted by Gasteiger charge is 2.33. The predicted octanol–water partition coefficient (Wildman–Crippen LogP) is 2.61. The number of nitrogens with one attached hydrogen (secondary N) is 1. The average molecular weight is 375 g/mol. The molecule has 0 spiro atoms. The van der Waals surface area contributed by atoms with E-state index in [1.54, 1.807) is 0 Å². The van der Waals surface area contributed by atoms with Crippen molar-refractivity contribution in [3.8, 4) is 11.5 Å². The molecule has 0 bridgehead atoms. The molecule has 0 aliphatic rings. The molecule has 26 heavy (non-hydrogen) atoms. The van der Waals surface area contributed by atoms with E-state index in [1.165, 1.54) is 0 Å². The first-order valence-corrected chi connectivity index (χ1v) is 11.7. The number of hydrogen-bond donors (Lipinski definition) is 2.